The molecule has 2 aliphatic rings. The van der Waals surface area contributed by atoms with Crippen molar-refractivity contribution in [2.75, 3.05) is 31.6 Å². The molecule has 0 radical (unpaired) electrons. The van der Waals surface area contributed by atoms with Crippen LogP contribution in [0.1, 0.15) is 0 Å². The molecule has 0 amide bonds. The van der Waals surface area contributed by atoms with Gasteiger partial charge in [-0.25, -0.2) is 0 Å². The van der Waals surface area contributed by atoms with Gasteiger partial charge in [-0.15, -0.1) is 0 Å². The van der Waals surface area contributed by atoms with Crippen molar-refractivity contribution in [1.29, 1.82) is 0 Å². The Bertz CT molecular complexity index is 151. The highest BCUT2D eigenvalue weighted by Gasteiger charge is 2.45. The summed E-state index contributed by atoms with van der Waals surface area (Å²) in [5, 5.41) is 0. The van der Waals surface area contributed by atoms with Crippen LogP contribution in [-0.2, 0) is 0 Å². The van der Waals surface area contributed by atoms with Gasteiger partial charge >= 0.3 is 0 Å². The summed E-state index contributed by atoms with van der Waals surface area (Å²) < 4.78 is 0. The molecule has 0 aliphatic carbocycles. The SMILES string of the molecule is CN1C[C@@H]2CSC[C@]2(N)C1. The number of thioether (sulfide) groups is 1. The fourth-order valence-electron chi connectivity index (χ4n) is 2.03. The smallest absolute Gasteiger partial charge is 0.0423 e. The average Bonchev–Trinajstić information content (AvgIpc) is 2.20. The lowest BCUT2D eigenvalue weighted by Crippen LogP contribution is -2.47. The molecule has 0 aromatic heterocycles. The van der Waals surface area contributed by atoms with Crippen LogP contribution in [-0.4, -0.2) is 42.1 Å². The van der Waals surface area contributed by atoms with E-state index in [1.807, 2.05) is 11.8 Å². The number of fused-ring (bicyclic) bond motifs is 1. The molecular formula is C7H14N2S. The molecule has 0 bridgehead atoms. The maximum absolute atomic E-state index is 6.19. The van der Waals surface area contributed by atoms with E-state index < -0.39 is 0 Å². The molecule has 3 heteroatoms. The van der Waals surface area contributed by atoms with Gasteiger partial charge in [0.2, 0.25) is 0 Å². The minimum atomic E-state index is 0.166. The molecule has 10 heavy (non-hydrogen) atoms. The number of likely N-dealkylation sites (N-methyl/N-ethyl adjacent to an activating group) is 1. The van der Waals surface area contributed by atoms with E-state index in [4.69, 9.17) is 5.73 Å². The van der Waals surface area contributed by atoms with E-state index in [0.717, 1.165) is 12.5 Å². The minimum absolute atomic E-state index is 0.166. The molecule has 0 unspecified atom stereocenters. The first-order chi connectivity index (χ1) is 4.71. The van der Waals surface area contributed by atoms with Crippen molar-refractivity contribution in [1.82, 2.24) is 4.90 Å². The van der Waals surface area contributed by atoms with Gasteiger partial charge in [-0.1, -0.05) is 0 Å². The van der Waals surface area contributed by atoms with Crippen LogP contribution in [0.2, 0.25) is 0 Å². The Morgan fingerprint density at radius 1 is 1.70 bits per heavy atom. The number of nitrogens with two attached hydrogens (primary N) is 1. The number of hydrogen-bond acceptors (Lipinski definition) is 3. The summed E-state index contributed by atoms with van der Waals surface area (Å²) in [6.07, 6.45) is 0. The molecule has 2 N–H and O–H groups in total. The highest BCUT2D eigenvalue weighted by Crippen LogP contribution is 2.36. The summed E-state index contributed by atoms with van der Waals surface area (Å²) in [5.74, 6) is 3.21. The molecule has 2 saturated heterocycles. The van der Waals surface area contributed by atoms with E-state index in [9.17, 15) is 0 Å². The van der Waals surface area contributed by atoms with Crippen molar-refractivity contribution in [3.63, 3.8) is 0 Å². The van der Waals surface area contributed by atoms with Gasteiger partial charge in [0.1, 0.15) is 0 Å². The Kier molecular flexibility index (Phi) is 1.48. The van der Waals surface area contributed by atoms with Gasteiger partial charge in [0, 0.05) is 30.3 Å². The Hall–Kier alpha value is 0.270. The van der Waals surface area contributed by atoms with Crippen molar-refractivity contribution < 1.29 is 0 Å². The van der Waals surface area contributed by atoms with Gasteiger partial charge in [-0.05, 0) is 12.8 Å². The summed E-state index contributed by atoms with van der Waals surface area (Å²) >= 11 is 2.02. The van der Waals surface area contributed by atoms with E-state index in [-0.39, 0.29) is 5.54 Å². The van der Waals surface area contributed by atoms with Gasteiger partial charge in [0.25, 0.3) is 0 Å². The van der Waals surface area contributed by atoms with E-state index in [1.165, 1.54) is 18.1 Å². The molecule has 2 fully saturated rings. The van der Waals surface area contributed by atoms with Crippen molar-refractivity contribution in [2.24, 2.45) is 11.7 Å². The lowest BCUT2D eigenvalue weighted by atomic mass is 9.92. The van der Waals surface area contributed by atoms with Crippen LogP contribution in [0.15, 0.2) is 0 Å². The van der Waals surface area contributed by atoms with Crippen LogP contribution in [0.5, 0.6) is 0 Å². The fraction of sp³-hybridized carbons (Fsp3) is 1.00. The van der Waals surface area contributed by atoms with Crippen LogP contribution in [0.4, 0.5) is 0 Å². The summed E-state index contributed by atoms with van der Waals surface area (Å²) in [6.45, 7) is 2.31. The first-order valence-corrected chi connectivity index (χ1v) is 4.91. The Morgan fingerprint density at radius 2 is 2.50 bits per heavy atom. The Balaban J connectivity index is 2.15. The molecular weight excluding hydrogens is 144 g/mol. The maximum atomic E-state index is 6.19. The van der Waals surface area contributed by atoms with E-state index in [2.05, 4.69) is 11.9 Å². The number of likely N-dealkylation sites (tertiary alicyclic amines) is 1. The van der Waals surface area contributed by atoms with Gasteiger partial charge in [0.05, 0.1) is 0 Å². The van der Waals surface area contributed by atoms with Crippen LogP contribution in [0.25, 0.3) is 0 Å². The van der Waals surface area contributed by atoms with Crippen molar-refractivity contribution in [2.45, 2.75) is 5.54 Å². The first-order valence-electron chi connectivity index (χ1n) is 3.76. The zero-order chi connectivity index (χ0) is 7.19. The summed E-state index contributed by atoms with van der Waals surface area (Å²) in [4.78, 5) is 2.35. The van der Waals surface area contributed by atoms with E-state index in [1.54, 1.807) is 0 Å². The molecule has 58 valence electrons. The molecule has 2 aliphatic heterocycles. The second kappa shape index (κ2) is 2.13. The van der Waals surface area contributed by atoms with Crippen LogP contribution in [0.3, 0.4) is 0 Å². The second-order valence-electron chi connectivity index (χ2n) is 3.64. The van der Waals surface area contributed by atoms with E-state index in [0.29, 0.717) is 0 Å². The van der Waals surface area contributed by atoms with Gasteiger partial charge in [0.15, 0.2) is 0 Å². The zero-order valence-electron chi connectivity index (χ0n) is 6.34. The predicted octanol–water partition coefficient (Wildman–Crippen LogP) is -0.00770. The van der Waals surface area contributed by atoms with Crippen molar-refractivity contribution >= 4 is 11.8 Å². The summed E-state index contributed by atoms with van der Waals surface area (Å²) in [7, 11) is 2.16. The lowest BCUT2D eigenvalue weighted by Gasteiger charge is -2.21. The molecule has 2 rings (SSSR count). The molecule has 0 aromatic rings. The monoisotopic (exact) mass is 158 g/mol. The summed E-state index contributed by atoms with van der Waals surface area (Å²) in [5.41, 5.74) is 6.36. The van der Waals surface area contributed by atoms with Crippen LogP contribution in [0, 0.1) is 5.92 Å². The standard InChI is InChI=1S/C7H14N2S/c1-9-2-6-3-10-5-7(6,8)4-9/h6H,2-5,8H2,1H3/t6-,7-/m1/s1. The molecule has 0 spiro atoms. The predicted molar refractivity (Wildman–Crippen MR) is 45.2 cm³/mol. The third-order valence-corrected chi connectivity index (χ3v) is 3.98. The average molecular weight is 158 g/mol. The highest BCUT2D eigenvalue weighted by molar-refractivity contribution is 7.99. The first kappa shape index (κ1) is 6.95. The van der Waals surface area contributed by atoms with E-state index >= 15 is 0 Å². The molecule has 0 saturated carbocycles. The van der Waals surface area contributed by atoms with Crippen LogP contribution >= 0.6 is 11.8 Å². The minimum Gasteiger partial charge on any atom is -0.323 e. The number of hydrogen-bond donors (Lipinski definition) is 1. The highest BCUT2D eigenvalue weighted by atomic mass is 32.2. The number of nitrogens with zero attached hydrogens (tertiary/aromatic N) is 1. The second-order valence-corrected chi connectivity index (χ2v) is 4.67. The van der Waals surface area contributed by atoms with Crippen LogP contribution < -0.4 is 5.73 Å². The molecule has 0 aromatic carbocycles. The third-order valence-electron chi connectivity index (χ3n) is 2.60. The summed E-state index contributed by atoms with van der Waals surface area (Å²) in [6, 6.07) is 0. The lowest BCUT2D eigenvalue weighted by molar-refractivity contribution is 0.384. The van der Waals surface area contributed by atoms with Crippen molar-refractivity contribution in [3.05, 3.63) is 0 Å². The molecule has 2 atom stereocenters. The van der Waals surface area contributed by atoms with Crippen molar-refractivity contribution in [3.8, 4) is 0 Å². The van der Waals surface area contributed by atoms with Gasteiger partial charge in [-0.2, -0.15) is 11.8 Å². The largest absolute Gasteiger partial charge is 0.323 e. The van der Waals surface area contributed by atoms with Gasteiger partial charge < -0.3 is 10.6 Å². The molecule has 2 nitrogen and oxygen atoms in total. The fourth-order valence-corrected chi connectivity index (χ4v) is 3.57. The Morgan fingerprint density at radius 3 is 3.20 bits per heavy atom. The number of rotatable bonds is 0. The topological polar surface area (TPSA) is 29.3 Å². The van der Waals surface area contributed by atoms with Gasteiger partial charge in [-0.3, -0.25) is 0 Å². The maximum Gasteiger partial charge on any atom is 0.0423 e. The quantitative estimate of drug-likeness (QED) is 0.538. The third kappa shape index (κ3) is 0.881. The zero-order valence-corrected chi connectivity index (χ0v) is 7.16. The normalized spacial score (nSPS) is 48.0. The Labute approximate surface area is 66.1 Å². The molecule has 2 heterocycles.